The van der Waals surface area contributed by atoms with Crippen LogP contribution in [0.4, 0.5) is 0 Å². The fourth-order valence-electron chi connectivity index (χ4n) is 3.63. The Kier molecular flexibility index (Phi) is 4.63. The van der Waals surface area contributed by atoms with Crippen LogP contribution >= 0.6 is 0 Å². The third-order valence-corrected chi connectivity index (χ3v) is 5.15. The molecule has 1 aliphatic heterocycles. The fourth-order valence-corrected chi connectivity index (χ4v) is 3.63. The van der Waals surface area contributed by atoms with Crippen molar-refractivity contribution in [3.8, 4) is 0 Å². The van der Waals surface area contributed by atoms with Gasteiger partial charge >= 0.3 is 0 Å². The van der Waals surface area contributed by atoms with Gasteiger partial charge in [0, 0.05) is 51.4 Å². The lowest BCUT2D eigenvalue weighted by molar-refractivity contribution is 0.0196. The maximum absolute atomic E-state index is 6.30. The van der Waals surface area contributed by atoms with Gasteiger partial charge in [0.05, 0.1) is 12.3 Å². The van der Waals surface area contributed by atoms with Crippen LogP contribution in [0.2, 0.25) is 0 Å². The molecule has 0 aromatic carbocycles. The van der Waals surface area contributed by atoms with E-state index in [4.69, 9.17) is 4.74 Å². The van der Waals surface area contributed by atoms with Crippen LogP contribution < -0.4 is 0 Å². The first-order chi connectivity index (χ1) is 11.8. The van der Waals surface area contributed by atoms with E-state index in [1.807, 2.05) is 36.4 Å². The largest absolute Gasteiger partial charge is 0.376 e. The van der Waals surface area contributed by atoms with Crippen molar-refractivity contribution in [3.05, 3.63) is 48.0 Å². The topological polar surface area (TPSA) is 43.2 Å². The van der Waals surface area contributed by atoms with Crippen LogP contribution in [0.15, 0.2) is 36.9 Å². The Bertz CT molecular complexity index is 652. The number of rotatable bonds is 7. The standard InChI is InChI=1S/C19H26N4O/c1-22-12-17(11-21-22)9-18-19(24-14-15-4-5-15)6-8-23(18)13-16-3-2-7-20-10-16/h2-3,7,10-12,15,18-19H,4-6,8-9,13-14H2,1H3/t18-,19+/m0/s1. The molecule has 24 heavy (non-hydrogen) atoms. The van der Waals surface area contributed by atoms with Crippen LogP contribution in [-0.2, 0) is 24.8 Å². The van der Waals surface area contributed by atoms with Crippen molar-refractivity contribution >= 4 is 0 Å². The van der Waals surface area contributed by atoms with E-state index in [1.54, 1.807) is 0 Å². The molecule has 2 fully saturated rings. The monoisotopic (exact) mass is 326 g/mol. The lowest BCUT2D eigenvalue weighted by atomic mass is 10.0. The van der Waals surface area contributed by atoms with Gasteiger partial charge in [0.2, 0.25) is 0 Å². The summed E-state index contributed by atoms with van der Waals surface area (Å²) in [5, 5.41) is 4.32. The molecule has 1 aliphatic carbocycles. The van der Waals surface area contributed by atoms with Gasteiger partial charge in [0.1, 0.15) is 0 Å². The van der Waals surface area contributed by atoms with Crippen LogP contribution in [0, 0.1) is 5.92 Å². The molecule has 2 aliphatic rings. The summed E-state index contributed by atoms with van der Waals surface area (Å²) in [6.45, 7) is 2.98. The molecule has 0 amide bonds. The highest BCUT2D eigenvalue weighted by atomic mass is 16.5. The second kappa shape index (κ2) is 7.03. The number of aromatic nitrogens is 3. The molecule has 3 heterocycles. The first-order valence-corrected chi connectivity index (χ1v) is 9.00. The molecule has 0 radical (unpaired) electrons. The Balaban J connectivity index is 1.46. The summed E-state index contributed by atoms with van der Waals surface area (Å²) in [4.78, 5) is 6.81. The number of likely N-dealkylation sites (tertiary alicyclic amines) is 1. The summed E-state index contributed by atoms with van der Waals surface area (Å²) in [6.07, 6.45) is 13.1. The normalized spacial score (nSPS) is 24.5. The fraction of sp³-hybridized carbons (Fsp3) is 0.579. The molecular formula is C19H26N4O. The van der Waals surface area contributed by atoms with Crippen molar-refractivity contribution in [3.63, 3.8) is 0 Å². The highest BCUT2D eigenvalue weighted by molar-refractivity contribution is 5.12. The Labute approximate surface area is 143 Å². The number of pyridine rings is 1. The SMILES string of the molecule is Cn1cc(C[C@H]2[C@H](OCC3CC3)CCN2Cc2cccnc2)cn1. The minimum Gasteiger partial charge on any atom is -0.376 e. The predicted octanol–water partition coefficient (Wildman–Crippen LogP) is 2.43. The van der Waals surface area contributed by atoms with E-state index >= 15 is 0 Å². The van der Waals surface area contributed by atoms with Gasteiger partial charge in [0.25, 0.3) is 0 Å². The zero-order valence-corrected chi connectivity index (χ0v) is 14.3. The zero-order valence-electron chi connectivity index (χ0n) is 14.3. The van der Waals surface area contributed by atoms with Crippen LogP contribution in [0.5, 0.6) is 0 Å². The first-order valence-electron chi connectivity index (χ1n) is 9.00. The molecule has 5 heteroatoms. The van der Waals surface area contributed by atoms with Gasteiger partial charge in [-0.25, -0.2) is 0 Å². The average molecular weight is 326 g/mol. The van der Waals surface area contributed by atoms with Crippen LogP contribution in [0.25, 0.3) is 0 Å². The summed E-state index contributed by atoms with van der Waals surface area (Å²) in [7, 11) is 1.98. The van der Waals surface area contributed by atoms with Gasteiger partial charge in [0.15, 0.2) is 0 Å². The van der Waals surface area contributed by atoms with Gasteiger partial charge in [-0.3, -0.25) is 14.6 Å². The first kappa shape index (κ1) is 15.8. The molecule has 4 rings (SSSR count). The van der Waals surface area contributed by atoms with E-state index < -0.39 is 0 Å². The molecule has 0 bridgehead atoms. The second-order valence-electron chi connectivity index (χ2n) is 7.23. The summed E-state index contributed by atoms with van der Waals surface area (Å²) < 4.78 is 8.19. The Morgan fingerprint density at radius 3 is 2.83 bits per heavy atom. The van der Waals surface area contributed by atoms with E-state index in [0.717, 1.165) is 38.5 Å². The molecular weight excluding hydrogens is 300 g/mol. The lowest BCUT2D eigenvalue weighted by Gasteiger charge is -2.28. The highest BCUT2D eigenvalue weighted by Crippen LogP contribution is 2.32. The van der Waals surface area contributed by atoms with Gasteiger partial charge < -0.3 is 4.74 Å². The van der Waals surface area contributed by atoms with Gasteiger partial charge in [-0.05, 0) is 48.8 Å². The van der Waals surface area contributed by atoms with E-state index in [9.17, 15) is 0 Å². The average Bonchev–Trinajstić information content (AvgIpc) is 3.23. The Morgan fingerprint density at radius 2 is 2.12 bits per heavy atom. The number of nitrogens with zero attached hydrogens (tertiary/aromatic N) is 4. The molecule has 0 spiro atoms. The van der Waals surface area contributed by atoms with E-state index in [0.29, 0.717) is 12.1 Å². The minimum absolute atomic E-state index is 0.336. The number of hydrogen-bond acceptors (Lipinski definition) is 4. The highest BCUT2D eigenvalue weighted by Gasteiger charge is 2.36. The number of hydrogen-bond donors (Lipinski definition) is 0. The van der Waals surface area contributed by atoms with Crippen molar-refractivity contribution in [1.82, 2.24) is 19.7 Å². The zero-order chi connectivity index (χ0) is 16.4. The second-order valence-corrected chi connectivity index (χ2v) is 7.23. The van der Waals surface area contributed by atoms with Crippen LogP contribution in [-0.4, -0.2) is 45.0 Å². The van der Waals surface area contributed by atoms with Crippen molar-refractivity contribution in [1.29, 1.82) is 0 Å². The molecule has 5 nitrogen and oxygen atoms in total. The van der Waals surface area contributed by atoms with E-state index in [1.165, 1.54) is 24.0 Å². The maximum Gasteiger partial charge on any atom is 0.0745 e. The maximum atomic E-state index is 6.30. The van der Waals surface area contributed by atoms with Crippen LogP contribution in [0.1, 0.15) is 30.4 Å². The third-order valence-electron chi connectivity index (χ3n) is 5.15. The predicted molar refractivity (Wildman–Crippen MR) is 92.4 cm³/mol. The van der Waals surface area contributed by atoms with Crippen molar-refractivity contribution < 1.29 is 4.74 Å². The van der Waals surface area contributed by atoms with Gasteiger partial charge in [-0.1, -0.05) is 6.07 Å². The van der Waals surface area contributed by atoms with Crippen LogP contribution in [0.3, 0.4) is 0 Å². The quantitative estimate of drug-likeness (QED) is 0.784. The van der Waals surface area contributed by atoms with Crippen molar-refractivity contribution in [2.45, 2.75) is 44.4 Å². The Hall–Kier alpha value is -1.72. The van der Waals surface area contributed by atoms with E-state index in [2.05, 4.69) is 27.2 Å². The Morgan fingerprint density at radius 1 is 1.21 bits per heavy atom. The van der Waals surface area contributed by atoms with Crippen molar-refractivity contribution in [2.75, 3.05) is 13.2 Å². The summed E-state index contributed by atoms with van der Waals surface area (Å²) in [5.41, 5.74) is 2.57. The van der Waals surface area contributed by atoms with E-state index in [-0.39, 0.29) is 0 Å². The van der Waals surface area contributed by atoms with Gasteiger partial charge in [-0.15, -0.1) is 0 Å². The molecule has 2 atom stereocenters. The lowest BCUT2D eigenvalue weighted by Crippen LogP contribution is -2.38. The summed E-state index contributed by atoms with van der Waals surface area (Å²) >= 11 is 0. The summed E-state index contributed by atoms with van der Waals surface area (Å²) in [6, 6.07) is 4.60. The van der Waals surface area contributed by atoms with Crippen molar-refractivity contribution in [2.24, 2.45) is 13.0 Å². The third kappa shape index (κ3) is 3.84. The molecule has 1 saturated carbocycles. The molecule has 1 saturated heterocycles. The molecule has 2 aromatic heterocycles. The molecule has 2 aromatic rings. The number of ether oxygens (including phenoxy) is 1. The minimum atomic E-state index is 0.336. The van der Waals surface area contributed by atoms with Gasteiger partial charge in [-0.2, -0.15) is 5.10 Å². The number of aryl methyl sites for hydroxylation is 1. The smallest absolute Gasteiger partial charge is 0.0745 e. The molecule has 128 valence electrons. The summed E-state index contributed by atoms with van der Waals surface area (Å²) in [5.74, 6) is 0.816. The molecule has 0 N–H and O–H groups in total. The molecule has 0 unspecified atom stereocenters.